The van der Waals surface area contributed by atoms with Gasteiger partial charge in [-0.2, -0.15) is 5.10 Å². The first-order chi connectivity index (χ1) is 4.93. The quantitative estimate of drug-likeness (QED) is 0.515. The fourth-order valence-corrected chi connectivity index (χ4v) is 0.468. The summed E-state index contributed by atoms with van der Waals surface area (Å²) in [4.78, 5) is 3.77. The van der Waals surface area contributed by atoms with Crippen molar-refractivity contribution in [3.63, 3.8) is 0 Å². The van der Waals surface area contributed by atoms with Crippen LogP contribution in [0.1, 0.15) is 12.2 Å². The molecule has 0 fully saturated rings. The molecule has 0 aliphatic carbocycles. The number of hydrogen-bond acceptors (Lipinski definition) is 3. The van der Waals surface area contributed by atoms with E-state index in [0.29, 0.717) is 12.2 Å². The summed E-state index contributed by atoms with van der Waals surface area (Å²) in [6.45, 7) is 0.0845. The standard InChI is InChI=1S/C6H7N3O/c10-4-2-1-3-6-7-5-8-9-6/h5,10H,2,4H2,(H,7,8,9). The summed E-state index contributed by atoms with van der Waals surface area (Å²) in [6, 6.07) is 0. The summed E-state index contributed by atoms with van der Waals surface area (Å²) in [7, 11) is 0. The number of aliphatic hydroxyl groups is 1. The van der Waals surface area contributed by atoms with Crippen LogP contribution in [0.5, 0.6) is 0 Å². The Kier molecular flexibility index (Phi) is 2.47. The van der Waals surface area contributed by atoms with E-state index >= 15 is 0 Å². The smallest absolute Gasteiger partial charge is 0.200 e. The zero-order valence-corrected chi connectivity index (χ0v) is 5.33. The van der Waals surface area contributed by atoms with E-state index in [1.807, 2.05) is 0 Å². The van der Waals surface area contributed by atoms with Crippen LogP contribution < -0.4 is 0 Å². The molecule has 2 N–H and O–H groups in total. The van der Waals surface area contributed by atoms with Gasteiger partial charge in [0.25, 0.3) is 0 Å². The number of aromatic amines is 1. The first kappa shape index (κ1) is 6.78. The molecule has 0 aromatic carbocycles. The van der Waals surface area contributed by atoms with E-state index in [1.165, 1.54) is 6.33 Å². The highest BCUT2D eigenvalue weighted by Crippen LogP contribution is 1.79. The molecule has 1 heterocycles. The normalized spacial score (nSPS) is 8.50. The Labute approximate surface area is 58.3 Å². The van der Waals surface area contributed by atoms with Crippen molar-refractivity contribution < 1.29 is 5.11 Å². The Hall–Kier alpha value is -1.34. The summed E-state index contributed by atoms with van der Waals surface area (Å²) in [5, 5.41) is 14.5. The van der Waals surface area contributed by atoms with Crippen LogP contribution in [-0.2, 0) is 0 Å². The molecule has 0 bridgehead atoms. The second kappa shape index (κ2) is 3.64. The molecule has 0 unspecified atom stereocenters. The van der Waals surface area contributed by atoms with Gasteiger partial charge < -0.3 is 5.11 Å². The fourth-order valence-electron chi connectivity index (χ4n) is 0.468. The maximum Gasteiger partial charge on any atom is 0.200 e. The van der Waals surface area contributed by atoms with E-state index in [1.54, 1.807) is 0 Å². The number of aliphatic hydroxyl groups excluding tert-OH is 1. The summed E-state index contributed by atoms with van der Waals surface area (Å²) in [5.41, 5.74) is 0. The highest BCUT2D eigenvalue weighted by atomic mass is 16.2. The Balaban J connectivity index is 2.49. The van der Waals surface area contributed by atoms with Gasteiger partial charge in [-0.1, -0.05) is 5.92 Å². The van der Waals surface area contributed by atoms with E-state index in [9.17, 15) is 0 Å². The van der Waals surface area contributed by atoms with E-state index < -0.39 is 0 Å². The molecule has 1 aromatic rings. The zero-order chi connectivity index (χ0) is 7.23. The second-order valence-electron chi connectivity index (χ2n) is 1.61. The van der Waals surface area contributed by atoms with Crippen molar-refractivity contribution in [2.75, 3.05) is 6.61 Å². The largest absolute Gasteiger partial charge is 0.395 e. The maximum atomic E-state index is 8.35. The molecule has 0 atom stereocenters. The molecule has 0 radical (unpaired) electrons. The number of nitrogens with one attached hydrogen (secondary N) is 1. The van der Waals surface area contributed by atoms with E-state index in [0.717, 1.165) is 0 Å². The lowest BCUT2D eigenvalue weighted by Gasteiger charge is -1.76. The minimum absolute atomic E-state index is 0.0845. The highest BCUT2D eigenvalue weighted by molar-refractivity contribution is 5.17. The summed E-state index contributed by atoms with van der Waals surface area (Å²) >= 11 is 0. The van der Waals surface area contributed by atoms with E-state index in [2.05, 4.69) is 27.0 Å². The van der Waals surface area contributed by atoms with Crippen molar-refractivity contribution in [3.05, 3.63) is 12.2 Å². The molecular formula is C6H7N3O. The molecule has 4 nitrogen and oxygen atoms in total. The molecule has 1 aromatic heterocycles. The first-order valence-electron chi connectivity index (χ1n) is 2.88. The van der Waals surface area contributed by atoms with Crippen LogP contribution in [0.3, 0.4) is 0 Å². The third-order valence-corrected chi connectivity index (χ3v) is 0.859. The van der Waals surface area contributed by atoms with Gasteiger partial charge in [0.1, 0.15) is 6.33 Å². The fraction of sp³-hybridized carbons (Fsp3) is 0.333. The average molecular weight is 137 g/mol. The van der Waals surface area contributed by atoms with Gasteiger partial charge in [0.15, 0.2) is 0 Å². The number of aromatic nitrogens is 3. The highest BCUT2D eigenvalue weighted by Gasteiger charge is 1.83. The topological polar surface area (TPSA) is 61.8 Å². The molecule has 10 heavy (non-hydrogen) atoms. The monoisotopic (exact) mass is 137 g/mol. The molecule has 0 saturated heterocycles. The first-order valence-corrected chi connectivity index (χ1v) is 2.88. The molecule has 1 rings (SSSR count). The number of nitrogens with zero attached hydrogens (tertiary/aromatic N) is 2. The van der Waals surface area contributed by atoms with Crippen LogP contribution in [-0.4, -0.2) is 26.9 Å². The number of rotatable bonds is 1. The van der Waals surface area contributed by atoms with Crippen LogP contribution in [0.2, 0.25) is 0 Å². The third kappa shape index (κ3) is 1.88. The van der Waals surface area contributed by atoms with Crippen molar-refractivity contribution in [2.24, 2.45) is 0 Å². The predicted molar refractivity (Wildman–Crippen MR) is 35.0 cm³/mol. The van der Waals surface area contributed by atoms with Crippen LogP contribution in [0.15, 0.2) is 6.33 Å². The number of hydrogen-bond donors (Lipinski definition) is 2. The van der Waals surface area contributed by atoms with Crippen molar-refractivity contribution in [3.8, 4) is 11.8 Å². The van der Waals surface area contributed by atoms with Gasteiger partial charge in [-0.05, 0) is 5.92 Å². The zero-order valence-electron chi connectivity index (χ0n) is 5.33. The van der Waals surface area contributed by atoms with E-state index in [-0.39, 0.29) is 6.61 Å². The Morgan fingerprint density at radius 3 is 3.20 bits per heavy atom. The Morgan fingerprint density at radius 2 is 2.60 bits per heavy atom. The lowest BCUT2D eigenvalue weighted by molar-refractivity contribution is 0.305. The minimum atomic E-state index is 0.0845. The van der Waals surface area contributed by atoms with Gasteiger partial charge in [-0.3, -0.25) is 5.10 Å². The summed E-state index contributed by atoms with van der Waals surface area (Å²) in [6.07, 6.45) is 1.86. The van der Waals surface area contributed by atoms with Crippen molar-refractivity contribution in [1.82, 2.24) is 15.2 Å². The van der Waals surface area contributed by atoms with E-state index in [4.69, 9.17) is 5.11 Å². The lowest BCUT2D eigenvalue weighted by Crippen LogP contribution is -1.79. The van der Waals surface area contributed by atoms with Gasteiger partial charge in [0, 0.05) is 6.42 Å². The van der Waals surface area contributed by atoms with Crippen LogP contribution >= 0.6 is 0 Å². The molecule has 0 spiro atoms. The summed E-state index contributed by atoms with van der Waals surface area (Å²) < 4.78 is 0. The van der Waals surface area contributed by atoms with Crippen molar-refractivity contribution >= 4 is 0 Å². The Bertz CT molecular complexity index is 231. The molecule has 4 heteroatoms. The van der Waals surface area contributed by atoms with Gasteiger partial charge in [0.05, 0.1) is 6.61 Å². The third-order valence-electron chi connectivity index (χ3n) is 0.859. The average Bonchev–Trinajstić information content (AvgIpc) is 2.41. The molecule has 52 valence electrons. The van der Waals surface area contributed by atoms with Gasteiger partial charge in [-0.15, -0.1) is 0 Å². The molecule has 0 aliphatic heterocycles. The van der Waals surface area contributed by atoms with Gasteiger partial charge in [0.2, 0.25) is 5.82 Å². The number of H-pyrrole nitrogens is 1. The SMILES string of the molecule is OCCC#Cc1ncn[nH]1. The van der Waals surface area contributed by atoms with Gasteiger partial charge >= 0.3 is 0 Å². The van der Waals surface area contributed by atoms with Crippen LogP contribution in [0.4, 0.5) is 0 Å². The van der Waals surface area contributed by atoms with Crippen LogP contribution in [0, 0.1) is 11.8 Å². The molecule has 0 amide bonds. The van der Waals surface area contributed by atoms with Crippen molar-refractivity contribution in [1.29, 1.82) is 0 Å². The van der Waals surface area contributed by atoms with Gasteiger partial charge in [-0.25, -0.2) is 4.98 Å². The summed E-state index contributed by atoms with van der Waals surface area (Å²) in [5.74, 6) is 5.93. The lowest BCUT2D eigenvalue weighted by atomic mass is 10.4. The molecular weight excluding hydrogens is 130 g/mol. The van der Waals surface area contributed by atoms with Crippen molar-refractivity contribution in [2.45, 2.75) is 6.42 Å². The minimum Gasteiger partial charge on any atom is -0.395 e. The van der Waals surface area contributed by atoms with Crippen LogP contribution in [0.25, 0.3) is 0 Å². The predicted octanol–water partition coefficient (Wildman–Crippen LogP) is -0.461. The molecule has 0 aliphatic rings. The Morgan fingerprint density at radius 1 is 1.70 bits per heavy atom. The second-order valence-corrected chi connectivity index (χ2v) is 1.61. The maximum absolute atomic E-state index is 8.35. The molecule has 0 saturated carbocycles.